The smallest absolute Gasteiger partial charge is 0.211 e. The Bertz CT molecular complexity index is 663. The standard InChI is InChI=1S/C22H38N4O2/c1-20-9-6-16(27)13-15(20)3-4-18-17(20)7-10-21(2)14(5-11-22(18,21)28)8-12-25-26-19(23)24/h12,14-18,27-28H,3-11,13H2,1-2H3,(H4,23,24,26)/b25-12-/t14?,15?,16?,17-,18-,20+,21-,22-/m1/s1. The second kappa shape index (κ2) is 6.98. The second-order valence-corrected chi connectivity index (χ2v) is 10.6. The number of guanidine groups is 1. The molecule has 4 aliphatic rings. The van der Waals surface area contributed by atoms with Crippen molar-refractivity contribution in [2.24, 2.45) is 56.2 Å². The van der Waals surface area contributed by atoms with Gasteiger partial charge < -0.3 is 21.7 Å². The van der Waals surface area contributed by atoms with Crippen LogP contribution in [0.4, 0.5) is 0 Å². The summed E-state index contributed by atoms with van der Waals surface area (Å²) < 4.78 is 0. The highest BCUT2D eigenvalue weighted by Gasteiger charge is 2.66. The molecule has 4 fully saturated rings. The summed E-state index contributed by atoms with van der Waals surface area (Å²) in [5, 5.41) is 30.0. The van der Waals surface area contributed by atoms with Crippen LogP contribution in [0.15, 0.2) is 10.2 Å². The van der Waals surface area contributed by atoms with Crippen molar-refractivity contribution >= 4 is 12.2 Å². The van der Waals surface area contributed by atoms with Crippen molar-refractivity contribution in [3.63, 3.8) is 0 Å². The lowest BCUT2D eigenvalue weighted by Crippen LogP contribution is -2.62. The van der Waals surface area contributed by atoms with Crippen LogP contribution in [0, 0.1) is 34.5 Å². The van der Waals surface area contributed by atoms with Gasteiger partial charge in [0.1, 0.15) is 0 Å². The first kappa shape index (κ1) is 20.1. The summed E-state index contributed by atoms with van der Waals surface area (Å²) in [4.78, 5) is 0. The number of fused-ring (bicyclic) bond motifs is 5. The summed E-state index contributed by atoms with van der Waals surface area (Å²) in [7, 11) is 0. The number of hydrogen-bond donors (Lipinski definition) is 4. The van der Waals surface area contributed by atoms with Crippen LogP contribution in [-0.2, 0) is 0 Å². The third-order valence-corrected chi connectivity index (χ3v) is 9.66. The molecule has 6 nitrogen and oxygen atoms in total. The van der Waals surface area contributed by atoms with Crippen molar-refractivity contribution in [1.29, 1.82) is 0 Å². The van der Waals surface area contributed by atoms with Crippen molar-refractivity contribution in [3.8, 4) is 0 Å². The molecule has 8 atom stereocenters. The summed E-state index contributed by atoms with van der Waals surface area (Å²) >= 11 is 0. The van der Waals surface area contributed by atoms with Crippen molar-refractivity contribution < 1.29 is 10.2 Å². The highest BCUT2D eigenvalue weighted by molar-refractivity contribution is 5.76. The molecule has 0 radical (unpaired) electrons. The predicted molar refractivity (Wildman–Crippen MR) is 112 cm³/mol. The van der Waals surface area contributed by atoms with Crippen LogP contribution in [0.1, 0.15) is 78.1 Å². The van der Waals surface area contributed by atoms with Gasteiger partial charge in [-0.15, -0.1) is 5.10 Å². The Kier molecular flexibility index (Phi) is 5.02. The van der Waals surface area contributed by atoms with E-state index in [1.54, 1.807) is 0 Å². The van der Waals surface area contributed by atoms with Crippen LogP contribution in [0.2, 0.25) is 0 Å². The number of aliphatic hydroxyl groups excluding tert-OH is 1. The third kappa shape index (κ3) is 2.90. The summed E-state index contributed by atoms with van der Waals surface area (Å²) in [6.45, 7) is 4.77. The molecule has 0 aromatic heterocycles. The molecule has 4 rings (SSSR count). The minimum atomic E-state index is -0.575. The highest BCUT2D eigenvalue weighted by atomic mass is 16.3. The zero-order valence-corrected chi connectivity index (χ0v) is 17.5. The summed E-state index contributed by atoms with van der Waals surface area (Å²) in [6.07, 6.45) is 12.0. The van der Waals surface area contributed by atoms with Crippen LogP contribution in [0.25, 0.3) is 0 Å². The molecule has 0 aromatic rings. The topological polar surface area (TPSA) is 117 Å². The summed E-state index contributed by atoms with van der Waals surface area (Å²) in [5.41, 5.74) is 10.3. The molecule has 4 aliphatic carbocycles. The summed E-state index contributed by atoms with van der Waals surface area (Å²) in [6, 6.07) is 0. The summed E-state index contributed by atoms with van der Waals surface area (Å²) in [5.74, 6) is 2.01. The molecular formula is C22H38N4O2. The van der Waals surface area contributed by atoms with Gasteiger partial charge in [-0.3, -0.25) is 0 Å². The molecule has 0 bridgehead atoms. The monoisotopic (exact) mass is 390 g/mol. The molecular weight excluding hydrogens is 352 g/mol. The van der Waals surface area contributed by atoms with Crippen molar-refractivity contribution in [2.45, 2.75) is 89.8 Å². The molecule has 0 amide bonds. The number of aliphatic hydroxyl groups is 2. The molecule has 0 spiro atoms. The Labute approximate surface area is 168 Å². The van der Waals surface area contributed by atoms with Gasteiger partial charge in [-0.2, -0.15) is 5.10 Å². The minimum absolute atomic E-state index is 0.0199. The molecule has 28 heavy (non-hydrogen) atoms. The number of nitrogens with two attached hydrogens (primary N) is 2. The van der Waals surface area contributed by atoms with E-state index in [1.165, 1.54) is 6.42 Å². The molecule has 6 N–H and O–H groups in total. The first-order valence-corrected chi connectivity index (χ1v) is 11.2. The molecule has 0 aromatic carbocycles. The van der Waals surface area contributed by atoms with Gasteiger partial charge in [-0.25, -0.2) is 0 Å². The Morgan fingerprint density at radius 2 is 1.82 bits per heavy atom. The van der Waals surface area contributed by atoms with Gasteiger partial charge in [0.15, 0.2) is 0 Å². The van der Waals surface area contributed by atoms with Crippen LogP contribution in [0.3, 0.4) is 0 Å². The molecule has 158 valence electrons. The van der Waals surface area contributed by atoms with E-state index in [0.717, 1.165) is 57.8 Å². The predicted octanol–water partition coefficient (Wildman–Crippen LogP) is 2.77. The lowest BCUT2D eigenvalue weighted by molar-refractivity contribution is -0.209. The van der Waals surface area contributed by atoms with Crippen LogP contribution in [-0.4, -0.2) is 34.1 Å². The fourth-order valence-electron chi connectivity index (χ4n) is 7.97. The van der Waals surface area contributed by atoms with Crippen molar-refractivity contribution in [1.82, 2.24) is 0 Å². The van der Waals surface area contributed by atoms with Gasteiger partial charge in [-0.05, 0) is 98.7 Å². The molecule has 0 aliphatic heterocycles. The van der Waals surface area contributed by atoms with Gasteiger partial charge in [0.05, 0.1) is 11.7 Å². The van der Waals surface area contributed by atoms with E-state index in [2.05, 4.69) is 24.1 Å². The average molecular weight is 391 g/mol. The fraction of sp³-hybridized carbons (Fsp3) is 0.909. The van der Waals surface area contributed by atoms with E-state index < -0.39 is 5.60 Å². The van der Waals surface area contributed by atoms with Gasteiger partial charge in [-0.1, -0.05) is 13.8 Å². The largest absolute Gasteiger partial charge is 0.393 e. The van der Waals surface area contributed by atoms with Gasteiger partial charge >= 0.3 is 0 Å². The lowest BCUT2D eigenvalue weighted by Gasteiger charge is -2.63. The number of nitrogens with zero attached hydrogens (tertiary/aromatic N) is 2. The quantitative estimate of drug-likeness (QED) is 0.337. The van der Waals surface area contributed by atoms with E-state index in [4.69, 9.17) is 11.5 Å². The molecule has 0 saturated heterocycles. The first-order valence-electron chi connectivity index (χ1n) is 11.2. The van der Waals surface area contributed by atoms with Crippen molar-refractivity contribution in [3.05, 3.63) is 0 Å². The molecule has 3 unspecified atom stereocenters. The molecule has 6 heteroatoms. The van der Waals surface area contributed by atoms with Gasteiger partial charge in [0.25, 0.3) is 0 Å². The van der Waals surface area contributed by atoms with Gasteiger partial charge in [0.2, 0.25) is 5.96 Å². The maximum Gasteiger partial charge on any atom is 0.211 e. The van der Waals surface area contributed by atoms with E-state index in [9.17, 15) is 10.2 Å². The Hall–Kier alpha value is -1.14. The molecule has 4 saturated carbocycles. The van der Waals surface area contributed by atoms with E-state index in [1.807, 2.05) is 6.21 Å². The zero-order valence-electron chi connectivity index (χ0n) is 17.5. The maximum atomic E-state index is 12.1. The highest BCUT2D eigenvalue weighted by Crippen LogP contribution is 2.69. The second-order valence-electron chi connectivity index (χ2n) is 10.6. The fourth-order valence-corrected chi connectivity index (χ4v) is 7.97. The molecule has 0 heterocycles. The zero-order chi connectivity index (χ0) is 20.2. The average Bonchev–Trinajstić information content (AvgIpc) is 2.90. The van der Waals surface area contributed by atoms with E-state index in [-0.39, 0.29) is 22.9 Å². The van der Waals surface area contributed by atoms with Crippen molar-refractivity contribution in [2.75, 3.05) is 0 Å². The lowest BCUT2D eigenvalue weighted by atomic mass is 9.43. The Balaban J connectivity index is 1.55. The van der Waals surface area contributed by atoms with Crippen LogP contribution < -0.4 is 11.5 Å². The normalized spacial score (nSPS) is 50.6. The minimum Gasteiger partial charge on any atom is -0.393 e. The first-order chi connectivity index (χ1) is 13.2. The van der Waals surface area contributed by atoms with Crippen LogP contribution >= 0.6 is 0 Å². The van der Waals surface area contributed by atoms with Crippen LogP contribution in [0.5, 0.6) is 0 Å². The maximum absolute atomic E-state index is 12.1. The van der Waals surface area contributed by atoms with E-state index >= 15 is 0 Å². The third-order valence-electron chi connectivity index (χ3n) is 9.66. The Morgan fingerprint density at radius 1 is 1.04 bits per heavy atom. The Morgan fingerprint density at radius 3 is 2.57 bits per heavy atom. The SMILES string of the molecule is C[C@]12CCC(O)CC1CC[C@@H]1[C@H]2CC[C@]2(C)C(C/C=N\N=C(N)N)CC[C@@]12O. The number of rotatable bonds is 3. The van der Waals surface area contributed by atoms with Gasteiger partial charge in [0, 0.05) is 6.21 Å². The van der Waals surface area contributed by atoms with E-state index in [0.29, 0.717) is 23.7 Å². The number of hydrogen-bond acceptors (Lipinski definition) is 4.